The number of hydrogen-bond acceptors (Lipinski definition) is 5. The van der Waals surface area contributed by atoms with Crippen molar-refractivity contribution in [1.82, 2.24) is 9.62 Å². The molecular weight excluding hydrogens is 473 g/mol. The van der Waals surface area contributed by atoms with Crippen molar-refractivity contribution in [2.24, 2.45) is 0 Å². The molecule has 1 aliphatic rings. The molecule has 1 fully saturated rings. The van der Waals surface area contributed by atoms with Crippen molar-refractivity contribution in [3.8, 4) is 0 Å². The Hall–Kier alpha value is -2.04. The smallest absolute Gasteiger partial charge is 0.250 e. The van der Waals surface area contributed by atoms with Crippen molar-refractivity contribution in [2.75, 3.05) is 25.5 Å². The maximum absolute atomic E-state index is 14.8. The lowest BCUT2D eigenvalue weighted by Gasteiger charge is -2.22. The molecule has 1 aliphatic heterocycles. The molecule has 2 aromatic carbocycles. The second-order valence-corrected chi connectivity index (χ2v) is 11.5. The Morgan fingerprint density at radius 2 is 1.97 bits per heavy atom. The normalized spacial score (nSPS) is 18.1. The zero-order valence-electron chi connectivity index (χ0n) is 17.8. The van der Waals surface area contributed by atoms with E-state index in [2.05, 4.69) is 4.72 Å². The standard InChI is InChI=1S/C22H23ClFN3O3S2/c1-13(26(2)3)14-5-7-19(17(24)10-14)27-9-8-18(22(27)28)25-32(29,30)21-11-15-4-6-16(23)12-20(15)31-21/h4-7,10-13,18,25H,8-9H2,1-3H3/t13-,18+/m1/s1. The van der Waals surface area contributed by atoms with E-state index in [1.54, 1.807) is 36.4 Å². The van der Waals surface area contributed by atoms with E-state index in [4.69, 9.17) is 11.6 Å². The number of sulfonamides is 1. The highest BCUT2D eigenvalue weighted by Gasteiger charge is 2.37. The number of benzene rings is 2. The lowest BCUT2D eigenvalue weighted by molar-refractivity contribution is -0.118. The topological polar surface area (TPSA) is 69.7 Å². The number of amides is 1. The highest BCUT2D eigenvalue weighted by molar-refractivity contribution is 7.91. The van der Waals surface area contributed by atoms with Crippen LogP contribution in [0.1, 0.15) is 24.9 Å². The van der Waals surface area contributed by atoms with Crippen molar-refractivity contribution in [3.05, 3.63) is 58.9 Å². The number of thiophene rings is 1. The van der Waals surface area contributed by atoms with Crippen LogP contribution in [0.25, 0.3) is 10.1 Å². The van der Waals surface area contributed by atoms with Gasteiger partial charge in [0.2, 0.25) is 5.91 Å². The minimum atomic E-state index is -3.92. The van der Waals surface area contributed by atoms with Gasteiger partial charge < -0.3 is 9.80 Å². The summed E-state index contributed by atoms with van der Waals surface area (Å²) >= 11 is 7.07. The van der Waals surface area contributed by atoms with Gasteiger partial charge in [0.05, 0.1) is 5.69 Å². The number of carbonyl (C=O) groups excluding carboxylic acids is 1. The first-order valence-corrected chi connectivity index (χ1v) is 12.7. The van der Waals surface area contributed by atoms with Crippen LogP contribution in [0.5, 0.6) is 0 Å². The molecule has 1 saturated heterocycles. The molecule has 3 aromatic rings. The van der Waals surface area contributed by atoms with E-state index in [0.717, 1.165) is 27.0 Å². The minimum Gasteiger partial charge on any atom is -0.308 e. The van der Waals surface area contributed by atoms with Gasteiger partial charge in [-0.15, -0.1) is 11.3 Å². The maximum Gasteiger partial charge on any atom is 0.250 e. The van der Waals surface area contributed by atoms with Gasteiger partial charge in [-0.25, -0.2) is 12.8 Å². The molecule has 0 saturated carbocycles. The Balaban J connectivity index is 1.53. The number of nitrogens with zero attached hydrogens (tertiary/aromatic N) is 2. The molecule has 1 amide bonds. The van der Waals surface area contributed by atoms with Crippen molar-refractivity contribution in [2.45, 2.75) is 29.6 Å². The molecule has 1 aromatic heterocycles. The van der Waals surface area contributed by atoms with Gasteiger partial charge >= 0.3 is 0 Å². The number of fused-ring (bicyclic) bond motifs is 1. The van der Waals surface area contributed by atoms with Crippen molar-refractivity contribution >= 4 is 54.6 Å². The number of anilines is 1. The summed E-state index contributed by atoms with van der Waals surface area (Å²) in [4.78, 5) is 16.2. The largest absolute Gasteiger partial charge is 0.308 e. The fourth-order valence-corrected chi connectivity index (χ4v) is 6.60. The van der Waals surface area contributed by atoms with E-state index < -0.39 is 27.8 Å². The first-order valence-electron chi connectivity index (χ1n) is 10.1. The Morgan fingerprint density at radius 3 is 2.66 bits per heavy atom. The number of nitrogens with one attached hydrogen (secondary N) is 1. The van der Waals surface area contributed by atoms with Gasteiger partial charge in [-0.1, -0.05) is 23.7 Å². The highest BCUT2D eigenvalue weighted by atomic mass is 35.5. The second kappa shape index (κ2) is 8.72. The van der Waals surface area contributed by atoms with Crippen LogP contribution in [0.2, 0.25) is 5.02 Å². The van der Waals surface area contributed by atoms with Crippen LogP contribution in [0.3, 0.4) is 0 Å². The van der Waals surface area contributed by atoms with Gasteiger partial charge in [-0.3, -0.25) is 4.79 Å². The van der Waals surface area contributed by atoms with E-state index >= 15 is 0 Å². The summed E-state index contributed by atoms with van der Waals surface area (Å²) in [5.41, 5.74) is 0.952. The van der Waals surface area contributed by atoms with Gasteiger partial charge in [0.1, 0.15) is 16.1 Å². The Morgan fingerprint density at radius 1 is 1.22 bits per heavy atom. The lowest BCUT2D eigenvalue weighted by Crippen LogP contribution is -2.41. The predicted octanol–water partition coefficient (Wildman–Crippen LogP) is 4.40. The molecule has 0 spiro atoms. The van der Waals surface area contributed by atoms with E-state index in [0.29, 0.717) is 5.02 Å². The van der Waals surface area contributed by atoms with E-state index in [-0.39, 0.29) is 28.9 Å². The van der Waals surface area contributed by atoms with Crippen LogP contribution < -0.4 is 9.62 Å². The molecule has 0 bridgehead atoms. The number of rotatable bonds is 6. The third-order valence-corrected chi connectivity index (χ3v) is 9.03. The van der Waals surface area contributed by atoms with Crippen molar-refractivity contribution < 1.29 is 17.6 Å². The molecule has 0 radical (unpaired) electrons. The molecule has 6 nitrogen and oxygen atoms in total. The van der Waals surface area contributed by atoms with Gasteiger partial charge in [0.25, 0.3) is 10.0 Å². The number of carbonyl (C=O) groups is 1. The molecular formula is C22H23ClFN3O3S2. The fourth-order valence-electron chi connectivity index (χ4n) is 3.69. The molecule has 4 rings (SSSR count). The monoisotopic (exact) mass is 495 g/mol. The fraction of sp³-hybridized carbons (Fsp3) is 0.318. The van der Waals surface area contributed by atoms with E-state index in [1.807, 2.05) is 25.9 Å². The predicted molar refractivity (Wildman–Crippen MR) is 126 cm³/mol. The first kappa shape index (κ1) is 23.1. The lowest BCUT2D eigenvalue weighted by atomic mass is 10.1. The third-order valence-electron chi connectivity index (χ3n) is 5.75. The average Bonchev–Trinajstić information content (AvgIpc) is 3.31. The molecule has 0 unspecified atom stereocenters. The van der Waals surface area contributed by atoms with Crippen LogP contribution in [0.15, 0.2) is 46.7 Å². The molecule has 170 valence electrons. The number of halogens is 2. The average molecular weight is 496 g/mol. The molecule has 1 N–H and O–H groups in total. The summed E-state index contributed by atoms with van der Waals surface area (Å²) < 4.78 is 44.0. The van der Waals surface area contributed by atoms with E-state index in [9.17, 15) is 17.6 Å². The van der Waals surface area contributed by atoms with Gasteiger partial charge in [-0.2, -0.15) is 4.72 Å². The first-order chi connectivity index (χ1) is 15.1. The van der Waals surface area contributed by atoms with E-state index in [1.165, 1.54) is 11.0 Å². The minimum absolute atomic E-state index is 0.0172. The van der Waals surface area contributed by atoms with Crippen LogP contribution in [0, 0.1) is 5.82 Å². The number of hydrogen-bond donors (Lipinski definition) is 1. The van der Waals surface area contributed by atoms with Crippen LogP contribution >= 0.6 is 22.9 Å². The van der Waals surface area contributed by atoms with Crippen LogP contribution in [-0.4, -0.2) is 45.9 Å². The zero-order chi connectivity index (χ0) is 23.2. The maximum atomic E-state index is 14.8. The Kier molecular flexibility index (Phi) is 6.30. The van der Waals surface area contributed by atoms with Crippen LogP contribution in [0.4, 0.5) is 10.1 Å². The van der Waals surface area contributed by atoms with Crippen molar-refractivity contribution in [3.63, 3.8) is 0 Å². The molecule has 2 atom stereocenters. The second-order valence-electron chi connectivity index (χ2n) is 8.05. The SMILES string of the molecule is C[C@H](c1ccc(N2CC[C@H](NS(=O)(=O)c3cc4ccc(Cl)cc4s3)C2=O)c(F)c1)N(C)C. The van der Waals surface area contributed by atoms with Gasteiger partial charge in [-0.05, 0) is 68.7 Å². The summed E-state index contributed by atoms with van der Waals surface area (Å²) in [6.07, 6.45) is 0.254. The van der Waals surface area contributed by atoms with Crippen LogP contribution in [-0.2, 0) is 14.8 Å². The summed E-state index contributed by atoms with van der Waals surface area (Å²) in [5, 5.41) is 1.28. The van der Waals surface area contributed by atoms with Crippen molar-refractivity contribution in [1.29, 1.82) is 0 Å². The summed E-state index contributed by atoms with van der Waals surface area (Å²) in [7, 11) is -0.106. The summed E-state index contributed by atoms with van der Waals surface area (Å²) in [5.74, 6) is -0.973. The summed E-state index contributed by atoms with van der Waals surface area (Å²) in [6, 6.07) is 10.6. The molecule has 2 heterocycles. The summed E-state index contributed by atoms with van der Waals surface area (Å²) in [6.45, 7) is 2.19. The Bertz CT molecular complexity index is 1290. The Labute approximate surface area is 195 Å². The molecule has 10 heteroatoms. The quantitative estimate of drug-likeness (QED) is 0.550. The zero-order valence-corrected chi connectivity index (χ0v) is 20.2. The molecule has 0 aliphatic carbocycles. The highest BCUT2D eigenvalue weighted by Crippen LogP contribution is 2.32. The molecule has 32 heavy (non-hydrogen) atoms. The van der Waals surface area contributed by atoms with Gasteiger partial charge in [0, 0.05) is 22.3 Å². The third kappa shape index (κ3) is 4.40. The van der Waals surface area contributed by atoms with Gasteiger partial charge in [0.15, 0.2) is 0 Å².